The number of hydrogen-bond acceptors (Lipinski definition) is 3. The first kappa shape index (κ1) is 21.0. The summed E-state index contributed by atoms with van der Waals surface area (Å²) in [6, 6.07) is 9.59. The minimum atomic E-state index is -4.35. The molecule has 3 nitrogen and oxygen atoms in total. The average molecular weight is 419 g/mol. The van der Waals surface area contributed by atoms with E-state index in [-0.39, 0.29) is 18.2 Å². The van der Waals surface area contributed by atoms with Crippen molar-refractivity contribution in [3.63, 3.8) is 0 Å². The number of alkyl halides is 3. The zero-order chi connectivity index (χ0) is 21.3. The molecule has 3 heterocycles. The first-order valence-electron chi connectivity index (χ1n) is 10.9. The summed E-state index contributed by atoms with van der Waals surface area (Å²) in [7, 11) is 0. The summed E-state index contributed by atoms with van der Waals surface area (Å²) in [4.78, 5) is 6.36. The maximum atomic E-state index is 12.9. The van der Waals surface area contributed by atoms with Crippen LogP contribution in [0.25, 0.3) is 0 Å². The predicted octanol–water partition coefficient (Wildman–Crippen LogP) is 6.33. The minimum absolute atomic E-state index is 0.135. The third-order valence-corrected chi connectivity index (χ3v) is 6.34. The molecule has 2 bridgehead atoms. The molecular formula is C24H29F3N2O. The van der Waals surface area contributed by atoms with E-state index in [0.29, 0.717) is 5.82 Å². The number of unbranched alkanes of at least 4 members (excludes halogenated alkanes) is 1. The first-order valence-corrected chi connectivity index (χ1v) is 10.9. The van der Waals surface area contributed by atoms with E-state index in [4.69, 9.17) is 4.74 Å². The van der Waals surface area contributed by atoms with E-state index >= 15 is 0 Å². The van der Waals surface area contributed by atoms with Gasteiger partial charge >= 0.3 is 6.18 Å². The highest BCUT2D eigenvalue weighted by molar-refractivity contribution is 5.45. The molecular weight excluding hydrogens is 389 g/mol. The lowest BCUT2D eigenvalue weighted by Crippen LogP contribution is -2.46. The largest absolute Gasteiger partial charge is 0.490 e. The van der Waals surface area contributed by atoms with Crippen LogP contribution in [-0.2, 0) is 12.6 Å². The quantitative estimate of drug-likeness (QED) is 0.548. The minimum Gasteiger partial charge on any atom is -0.490 e. The van der Waals surface area contributed by atoms with Gasteiger partial charge in [0.15, 0.2) is 0 Å². The zero-order valence-corrected chi connectivity index (χ0v) is 17.6. The summed E-state index contributed by atoms with van der Waals surface area (Å²) in [5.41, 5.74) is 1.82. The lowest BCUT2D eigenvalue weighted by atomic mass is 9.98. The lowest BCUT2D eigenvalue weighted by Gasteiger charge is -2.40. The Bertz CT molecular complexity index is 852. The van der Waals surface area contributed by atoms with Crippen LogP contribution in [0, 0.1) is 6.92 Å². The SMILES string of the molecule is CCCCc1cc(C)ccc1O[C@H]1C[C@H]2CC[C@@H](C1)N2c1ccc(C(F)(F)F)cn1. The Morgan fingerprint density at radius 2 is 1.83 bits per heavy atom. The highest BCUT2D eigenvalue weighted by atomic mass is 19.4. The van der Waals surface area contributed by atoms with Crippen molar-refractivity contribution in [1.29, 1.82) is 0 Å². The molecule has 2 aromatic rings. The molecule has 30 heavy (non-hydrogen) atoms. The van der Waals surface area contributed by atoms with Crippen molar-refractivity contribution in [3.05, 3.63) is 53.2 Å². The third kappa shape index (κ3) is 4.42. The van der Waals surface area contributed by atoms with Crippen LogP contribution in [0.3, 0.4) is 0 Å². The van der Waals surface area contributed by atoms with Gasteiger partial charge in [-0.3, -0.25) is 0 Å². The summed E-state index contributed by atoms with van der Waals surface area (Å²) in [5.74, 6) is 1.63. The van der Waals surface area contributed by atoms with Crippen LogP contribution in [-0.4, -0.2) is 23.2 Å². The van der Waals surface area contributed by atoms with Gasteiger partial charge in [0, 0.05) is 31.1 Å². The first-order chi connectivity index (χ1) is 14.3. The van der Waals surface area contributed by atoms with Crippen LogP contribution in [0.15, 0.2) is 36.5 Å². The molecule has 0 spiro atoms. The smallest absolute Gasteiger partial charge is 0.417 e. The van der Waals surface area contributed by atoms with E-state index < -0.39 is 11.7 Å². The molecule has 1 aromatic carbocycles. The average Bonchev–Trinajstić information content (AvgIpc) is 2.98. The molecule has 162 valence electrons. The van der Waals surface area contributed by atoms with E-state index in [1.807, 2.05) is 0 Å². The van der Waals surface area contributed by atoms with Crippen LogP contribution in [0.1, 0.15) is 62.1 Å². The number of fused-ring (bicyclic) bond motifs is 2. The van der Waals surface area contributed by atoms with E-state index in [1.54, 1.807) is 0 Å². The van der Waals surface area contributed by atoms with E-state index in [9.17, 15) is 13.2 Å². The van der Waals surface area contributed by atoms with Crippen molar-refractivity contribution < 1.29 is 17.9 Å². The maximum absolute atomic E-state index is 12.9. The zero-order valence-electron chi connectivity index (χ0n) is 17.6. The lowest BCUT2D eigenvalue weighted by molar-refractivity contribution is -0.137. The summed E-state index contributed by atoms with van der Waals surface area (Å²) in [6.45, 7) is 4.30. The molecule has 2 aliphatic heterocycles. The van der Waals surface area contributed by atoms with Crippen molar-refractivity contribution in [1.82, 2.24) is 4.98 Å². The van der Waals surface area contributed by atoms with Gasteiger partial charge in [0.1, 0.15) is 17.7 Å². The Hall–Kier alpha value is -2.24. The molecule has 2 saturated heterocycles. The number of hydrogen-bond donors (Lipinski definition) is 0. The molecule has 3 atom stereocenters. The van der Waals surface area contributed by atoms with Gasteiger partial charge in [-0.2, -0.15) is 13.2 Å². The van der Waals surface area contributed by atoms with Gasteiger partial charge < -0.3 is 9.64 Å². The molecule has 1 aromatic heterocycles. The number of anilines is 1. The summed E-state index contributed by atoms with van der Waals surface area (Å²) in [5, 5.41) is 0. The van der Waals surface area contributed by atoms with Gasteiger partial charge in [0.25, 0.3) is 0 Å². The molecule has 6 heteroatoms. The second-order valence-corrected chi connectivity index (χ2v) is 8.62. The van der Waals surface area contributed by atoms with Gasteiger partial charge in [0.2, 0.25) is 0 Å². The second kappa shape index (κ2) is 8.48. The van der Waals surface area contributed by atoms with Crippen molar-refractivity contribution in [3.8, 4) is 5.75 Å². The molecule has 0 saturated carbocycles. The topological polar surface area (TPSA) is 25.4 Å². The normalized spacial score (nSPS) is 23.6. The number of benzene rings is 1. The third-order valence-electron chi connectivity index (χ3n) is 6.34. The van der Waals surface area contributed by atoms with Gasteiger partial charge in [0.05, 0.1) is 5.56 Å². The van der Waals surface area contributed by atoms with E-state index in [0.717, 1.165) is 63.0 Å². The summed E-state index contributed by atoms with van der Waals surface area (Å²) in [6.07, 6.45) is 3.86. The van der Waals surface area contributed by atoms with Crippen LogP contribution in [0.4, 0.5) is 19.0 Å². The Kier molecular flexibility index (Phi) is 5.94. The van der Waals surface area contributed by atoms with Crippen LogP contribution in [0.5, 0.6) is 5.75 Å². The molecule has 2 fully saturated rings. The van der Waals surface area contributed by atoms with Crippen LogP contribution < -0.4 is 9.64 Å². The van der Waals surface area contributed by atoms with Gasteiger partial charge in [-0.25, -0.2) is 4.98 Å². The highest BCUT2D eigenvalue weighted by Crippen LogP contribution is 2.41. The molecule has 0 aliphatic carbocycles. The number of pyridine rings is 1. The molecule has 0 unspecified atom stereocenters. The second-order valence-electron chi connectivity index (χ2n) is 8.62. The van der Waals surface area contributed by atoms with Gasteiger partial charge in [-0.15, -0.1) is 0 Å². The maximum Gasteiger partial charge on any atom is 0.417 e. The highest BCUT2D eigenvalue weighted by Gasteiger charge is 2.42. The fourth-order valence-electron chi connectivity index (χ4n) is 4.87. The number of aryl methyl sites for hydroxylation is 2. The molecule has 0 N–H and O–H groups in total. The molecule has 2 aliphatic rings. The van der Waals surface area contributed by atoms with Crippen molar-refractivity contribution in [2.24, 2.45) is 0 Å². The number of rotatable bonds is 6. The summed E-state index contributed by atoms with van der Waals surface area (Å²) < 4.78 is 45.0. The number of ether oxygens (including phenoxy) is 1. The van der Waals surface area contributed by atoms with Gasteiger partial charge in [-0.05, 0) is 56.4 Å². The summed E-state index contributed by atoms with van der Waals surface area (Å²) >= 11 is 0. The molecule has 4 rings (SSSR count). The Balaban J connectivity index is 1.46. The Labute approximate surface area is 176 Å². The van der Waals surface area contributed by atoms with Crippen LogP contribution >= 0.6 is 0 Å². The predicted molar refractivity (Wildman–Crippen MR) is 112 cm³/mol. The number of halogens is 3. The van der Waals surface area contributed by atoms with Crippen molar-refractivity contribution >= 4 is 5.82 Å². The number of aromatic nitrogens is 1. The Morgan fingerprint density at radius 1 is 1.10 bits per heavy atom. The Morgan fingerprint density at radius 3 is 2.43 bits per heavy atom. The standard InChI is InChI=1S/C24H29F3N2O/c1-3-4-5-17-12-16(2)6-10-22(17)30-21-13-19-8-9-20(14-21)29(19)23-11-7-18(15-28-23)24(25,26)27/h6-7,10-12,15,19-21H,3-5,8-9,13-14H2,1-2H3/t19-,20+,21+. The van der Waals surface area contributed by atoms with Gasteiger partial charge in [-0.1, -0.05) is 31.0 Å². The molecule has 0 amide bonds. The van der Waals surface area contributed by atoms with Crippen molar-refractivity contribution in [2.75, 3.05) is 4.90 Å². The number of nitrogens with zero attached hydrogens (tertiary/aromatic N) is 2. The van der Waals surface area contributed by atoms with E-state index in [1.165, 1.54) is 17.2 Å². The monoisotopic (exact) mass is 418 g/mol. The molecule has 0 radical (unpaired) electrons. The van der Waals surface area contributed by atoms with Crippen molar-refractivity contribution in [2.45, 2.75) is 83.2 Å². The fourth-order valence-corrected chi connectivity index (χ4v) is 4.87. The van der Waals surface area contributed by atoms with Crippen LogP contribution in [0.2, 0.25) is 0 Å². The van der Waals surface area contributed by atoms with E-state index in [2.05, 4.69) is 41.9 Å². The fraction of sp³-hybridized carbons (Fsp3) is 0.542. The number of piperidine rings is 1.